The van der Waals surface area contributed by atoms with Crippen LogP contribution < -0.4 is 5.46 Å². The van der Waals surface area contributed by atoms with Crippen LogP contribution in [0.3, 0.4) is 0 Å². The molecule has 0 atom stereocenters. The first-order valence-electron chi connectivity index (χ1n) is 6.52. The molecule has 1 aliphatic heterocycles. The minimum absolute atomic E-state index is 0.177. The Hall–Kier alpha value is -1.47. The van der Waals surface area contributed by atoms with Gasteiger partial charge in [-0.3, -0.25) is 0 Å². The molecule has 21 heavy (non-hydrogen) atoms. The maximum absolute atomic E-state index is 13.9. The molecule has 0 spiro atoms. The number of methoxy groups -OCH3 is 1. The van der Waals surface area contributed by atoms with Gasteiger partial charge in [0, 0.05) is 0 Å². The third kappa shape index (κ3) is 2.67. The van der Waals surface area contributed by atoms with Crippen LogP contribution in [0.1, 0.15) is 38.1 Å². The van der Waals surface area contributed by atoms with Gasteiger partial charge in [0.15, 0.2) is 0 Å². The van der Waals surface area contributed by atoms with Gasteiger partial charge in [-0.1, -0.05) is 0 Å². The summed E-state index contributed by atoms with van der Waals surface area (Å²) in [5, 5.41) is 0. The molecule has 1 saturated heterocycles. The highest BCUT2D eigenvalue weighted by Crippen LogP contribution is 2.36. The molecule has 0 amide bonds. The first kappa shape index (κ1) is 15.9. The van der Waals surface area contributed by atoms with Crippen LogP contribution in [0, 0.1) is 11.6 Å². The van der Waals surface area contributed by atoms with Gasteiger partial charge in [0.25, 0.3) is 0 Å². The van der Waals surface area contributed by atoms with Crippen LogP contribution in [0.4, 0.5) is 8.78 Å². The monoisotopic (exact) mass is 298 g/mol. The van der Waals surface area contributed by atoms with Gasteiger partial charge >= 0.3 is 13.1 Å². The summed E-state index contributed by atoms with van der Waals surface area (Å²) < 4.78 is 43.6. The summed E-state index contributed by atoms with van der Waals surface area (Å²) in [6.07, 6.45) is 0. The van der Waals surface area contributed by atoms with Crippen molar-refractivity contribution in [1.29, 1.82) is 0 Å². The van der Waals surface area contributed by atoms with E-state index in [2.05, 4.69) is 4.74 Å². The van der Waals surface area contributed by atoms with Crippen molar-refractivity contribution < 1.29 is 27.6 Å². The second kappa shape index (κ2) is 5.07. The van der Waals surface area contributed by atoms with E-state index in [1.165, 1.54) is 0 Å². The largest absolute Gasteiger partial charge is 0.495 e. The van der Waals surface area contributed by atoms with Crippen LogP contribution in [-0.4, -0.2) is 31.4 Å². The quantitative estimate of drug-likeness (QED) is 0.619. The van der Waals surface area contributed by atoms with E-state index >= 15 is 0 Å². The number of benzene rings is 1. The summed E-state index contributed by atoms with van der Waals surface area (Å²) in [4.78, 5) is 11.3. The Balaban J connectivity index is 2.38. The molecule has 0 N–H and O–H groups in total. The number of carbonyl (C=O) groups is 1. The van der Waals surface area contributed by atoms with E-state index < -0.39 is 41.5 Å². The van der Waals surface area contributed by atoms with Crippen molar-refractivity contribution in [3.05, 3.63) is 29.3 Å². The van der Waals surface area contributed by atoms with Crippen molar-refractivity contribution >= 4 is 18.6 Å². The molecule has 0 bridgehead atoms. The minimum atomic E-state index is -1.06. The second-order valence-electron chi connectivity index (χ2n) is 5.94. The lowest BCUT2D eigenvalue weighted by Gasteiger charge is -2.32. The molecule has 0 saturated carbocycles. The third-order valence-corrected chi connectivity index (χ3v) is 3.98. The normalized spacial score (nSPS) is 19.7. The summed E-state index contributed by atoms with van der Waals surface area (Å²) in [5.74, 6) is -3.08. The third-order valence-electron chi connectivity index (χ3n) is 3.98. The molecular formula is C14H17BF2O4. The molecule has 1 aromatic rings. The van der Waals surface area contributed by atoms with Crippen molar-refractivity contribution in [1.82, 2.24) is 0 Å². The molecular weight excluding hydrogens is 281 g/mol. The lowest BCUT2D eigenvalue weighted by atomic mass is 9.78. The predicted octanol–water partition coefficient (Wildman–Crippen LogP) is 2.05. The highest BCUT2D eigenvalue weighted by molar-refractivity contribution is 6.62. The maximum Gasteiger partial charge on any atom is 0.495 e. The SMILES string of the molecule is COC(=O)c1c(F)cc(B2OC(C)(C)C(C)(C)O2)cc1F. The van der Waals surface area contributed by atoms with Gasteiger partial charge in [-0.15, -0.1) is 0 Å². The predicted molar refractivity (Wildman–Crippen MR) is 73.4 cm³/mol. The fraction of sp³-hybridized carbons (Fsp3) is 0.500. The average molecular weight is 298 g/mol. The first-order valence-corrected chi connectivity index (χ1v) is 6.52. The smallest absolute Gasteiger partial charge is 0.465 e. The Kier molecular flexibility index (Phi) is 3.84. The average Bonchev–Trinajstić information content (AvgIpc) is 2.57. The van der Waals surface area contributed by atoms with Crippen molar-refractivity contribution in [3.8, 4) is 0 Å². The minimum Gasteiger partial charge on any atom is -0.465 e. The summed E-state index contributed by atoms with van der Waals surface area (Å²) in [7, 11) is 0.161. The van der Waals surface area contributed by atoms with E-state index in [9.17, 15) is 13.6 Å². The molecule has 0 aliphatic carbocycles. The van der Waals surface area contributed by atoms with Gasteiger partial charge in [0.05, 0.1) is 18.3 Å². The molecule has 2 rings (SSSR count). The van der Waals surface area contributed by atoms with Gasteiger partial charge < -0.3 is 14.0 Å². The molecule has 1 heterocycles. The number of rotatable bonds is 2. The standard InChI is InChI=1S/C14H17BF2O4/c1-13(2)14(3,4)21-15(20-13)8-6-9(16)11(10(17)7-8)12(18)19-5/h6-7H,1-5H3. The van der Waals surface area contributed by atoms with Crippen molar-refractivity contribution in [2.24, 2.45) is 0 Å². The highest BCUT2D eigenvalue weighted by Gasteiger charge is 2.52. The summed E-state index contributed by atoms with van der Waals surface area (Å²) in [6, 6.07) is 2.05. The molecule has 114 valence electrons. The fourth-order valence-electron chi connectivity index (χ4n) is 2.01. The number of hydrogen-bond acceptors (Lipinski definition) is 4. The van der Waals surface area contributed by atoms with Crippen LogP contribution in [0.5, 0.6) is 0 Å². The summed E-state index contributed by atoms with van der Waals surface area (Å²) in [6.45, 7) is 7.34. The molecule has 1 aliphatic rings. The van der Waals surface area contributed by atoms with Gasteiger partial charge in [0.1, 0.15) is 17.2 Å². The maximum atomic E-state index is 13.9. The second-order valence-corrected chi connectivity index (χ2v) is 5.94. The van der Waals surface area contributed by atoms with Crippen LogP contribution in [-0.2, 0) is 14.0 Å². The zero-order valence-corrected chi connectivity index (χ0v) is 12.6. The molecule has 7 heteroatoms. The van der Waals surface area contributed by atoms with E-state index in [0.717, 1.165) is 19.2 Å². The first-order chi connectivity index (χ1) is 9.59. The molecule has 1 fully saturated rings. The number of carbonyl (C=O) groups excluding carboxylic acids is 1. The van der Waals surface area contributed by atoms with E-state index in [0.29, 0.717) is 0 Å². The van der Waals surface area contributed by atoms with Gasteiger partial charge in [-0.2, -0.15) is 0 Å². The Labute approximate surface area is 122 Å². The summed E-state index contributed by atoms with van der Waals surface area (Å²) >= 11 is 0. The van der Waals surface area contributed by atoms with E-state index in [1.54, 1.807) is 0 Å². The number of esters is 1. The van der Waals surface area contributed by atoms with Gasteiger partial charge in [-0.05, 0) is 45.3 Å². The van der Waals surface area contributed by atoms with E-state index in [4.69, 9.17) is 9.31 Å². The molecule has 4 nitrogen and oxygen atoms in total. The topological polar surface area (TPSA) is 44.8 Å². The van der Waals surface area contributed by atoms with E-state index in [1.807, 2.05) is 27.7 Å². The van der Waals surface area contributed by atoms with Crippen molar-refractivity contribution in [3.63, 3.8) is 0 Å². The van der Waals surface area contributed by atoms with Crippen LogP contribution >= 0.6 is 0 Å². The molecule has 0 radical (unpaired) electrons. The Morgan fingerprint density at radius 3 is 1.90 bits per heavy atom. The number of ether oxygens (including phenoxy) is 1. The van der Waals surface area contributed by atoms with Gasteiger partial charge in [-0.25, -0.2) is 13.6 Å². The molecule has 0 aromatic heterocycles. The highest BCUT2D eigenvalue weighted by atomic mass is 19.1. The molecule has 1 aromatic carbocycles. The number of hydrogen-bond donors (Lipinski definition) is 0. The Bertz CT molecular complexity index is 547. The summed E-state index contributed by atoms with van der Waals surface area (Å²) in [5.41, 5.74) is -1.79. The zero-order chi connectivity index (χ0) is 16.0. The lowest BCUT2D eigenvalue weighted by molar-refractivity contribution is 0.00578. The van der Waals surface area contributed by atoms with Crippen LogP contribution in [0.25, 0.3) is 0 Å². The van der Waals surface area contributed by atoms with Crippen molar-refractivity contribution in [2.75, 3.05) is 7.11 Å². The molecule has 0 unspecified atom stereocenters. The zero-order valence-electron chi connectivity index (χ0n) is 12.6. The Morgan fingerprint density at radius 2 is 1.52 bits per heavy atom. The number of halogens is 2. The van der Waals surface area contributed by atoms with Crippen molar-refractivity contribution in [2.45, 2.75) is 38.9 Å². The van der Waals surface area contributed by atoms with Crippen LogP contribution in [0.15, 0.2) is 12.1 Å². The Morgan fingerprint density at radius 1 is 1.10 bits per heavy atom. The fourth-order valence-corrected chi connectivity index (χ4v) is 2.01. The van der Waals surface area contributed by atoms with E-state index in [-0.39, 0.29) is 5.46 Å². The van der Waals surface area contributed by atoms with Gasteiger partial charge in [0.2, 0.25) is 0 Å². The lowest BCUT2D eigenvalue weighted by Crippen LogP contribution is -2.41. The van der Waals surface area contributed by atoms with Crippen LogP contribution in [0.2, 0.25) is 0 Å².